The van der Waals surface area contributed by atoms with Crippen LogP contribution in [0.2, 0.25) is 0 Å². The van der Waals surface area contributed by atoms with Crippen LogP contribution in [0, 0.1) is 0 Å². The van der Waals surface area contributed by atoms with Crippen LogP contribution in [0.25, 0.3) is 11.0 Å². The maximum absolute atomic E-state index is 10.8. The molecule has 1 heterocycles. The van der Waals surface area contributed by atoms with E-state index in [2.05, 4.69) is 15.9 Å². The predicted molar refractivity (Wildman–Crippen MR) is 77.2 cm³/mol. The highest BCUT2D eigenvalue weighted by Gasteiger charge is 2.20. The number of rotatable bonds is 5. The maximum atomic E-state index is 10.8. The van der Waals surface area contributed by atoms with Crippen LogP contribution >= 0.6 is 15.9 Å². The lowest BCUT2D eigenvalue weighted by Crippen LogP contribution is -2.31. The van der Waals surface area contributed by atoms with Gasteiger partial charge in [-0.1, -0.05) is 22.9 Å². The molecule has 0 saturated carbocycles. The molecule has 0 amide bonds. The van der Waals surface area contributed by atoms with Gasteiger partial charge in [-0.05, 0) is 37.7 Å². The van der Waals surface area contributed by atoms with Gasteiger partial charge in [0.05, 0.1) is 12.6 Å². The average Bonchev–Trinajstić information content (AvgIpc) is 2.77. The Balaban J connectivity index is 2.29. The number of hydrogen-bond acceptors (Lipinski definition) is 3. The maximum Gasteiger partial charge on any atom is 0.317 e. The number of furan rings is 1. The van der Waals surface area contributed by atoms with Crippen molar-refractivity contribution in [1.82, 2.24) is 4.90 Å². The molecule has 0 aliphatic heterocycles. The molecule has 2 aromatic rings. The summed E-state index contributed by atoms with van der Waals surface area (Å²) in [7, 11) is 0. The minimum atomic E-state index is -0.826. The van der Waals surface area contributed by atoms with Gasteiger partial charge in [-0.3, -0.25) is 9.69 Å². The first-order valence-corrected chi connectivity index (χ1v) is 6.95. The van der Waals surface area contributed by atoms with Crippen LogP contribution in [-0.4, -0.2) is 29.1 Å². The van der Waals surface area contributed by atoms with E-state index >= 15 is 0 Å². The van der Waals surface area contributed by atoms with E-state index in [1.165, 1.54) is 0 Å². The minimum absolute atomic E-state index is 0.0123. The SMILES string of the molecule is CCN(CC(=O)O)C(C)c1cc2cc(Br)ccc2o1. The molecule has 0 aliphatic carbocycles. The molecule has 0 radical (unpaired) electrons. The number of halogens is 1. The molecule has 0 fully saturated rings. The summed E-state index contributed by atoms with van der Waals surface area (Å²) in [6.45, 7) is 4.57. The standard InChI is InChI=1S/C14H16BrNO3/c1-3-16(8-14(17)18)9(2)13-7-10-6-11(15)4-5-12(10)19-13/h4-7,9H,3,8H2,1-2H3,(H,17,18). The first kappa shape index (κ1) is 14.1. The van der Waals surface area contributed by atoms with Crippen LogP contribution in [0.5, 0.6) is 0 Å². The van der Waals surface area contributed by atoms with Crippen LogP contribution in [0.1, 0.15) is 25.6 Å². The summed E-state index contributed by atoms with van der Waals surface area (Å²) in [6.07, 6.45) is 0. The molecule has 1 unspecified atom stereocenters. The number of fused-ring (bicyclic) bond motifs is 1. The van der Waals surface area contributed by atoms with Crippen LogP contribution in [-0.2, 0) is 4.79 Å². The molecule has 1 atom stereocenters. The lowest BCUT2D eigenvalue weighted by Gasteiger charge is -2.24. The molecule has 1 aromatic heterocycles. The largest absolute Gasteiger partial charge is 0.480 e. The van der Waals surface area contributed by atoms with E-state index < -0.39 is 5.97 Å². The molecule has 0 spiro atoms. The van der Waals surface area contributed by atoms with Crippen LogP contribution in [0.15, 0.2) is 33.2 Å². The highest BCUT2D eigenvalue weighted by molar-refractivity contribution is 9.10. The van der Waals surface area contributed by atoms with Gasteiger partial charge in [-0.15, -0.1) is 0 Å². The zero-order valence-electron chi connectivity index (χ0n) is 10.9. The van der Waals surface area contributed by atoms with E-state index in [1.54, 1.807) is 0 Å². The molecule has 0 saturated heterocycles. The number of hydrogen-bond donors (Lipinski definition) is 1. The number of carboxylic acid groups (broad SMARTS) is 1. The summed E-state index contributed by atoms with van der Waals surface area (Å²) < 4.78 is 6.79. The van der Waals surface area contributed by atoms with Gasteiger partial charge in [-0.25, -0.2) is 0 Å². The van der Waals surface area contributed by atoms with E-state index in [4.69, 9.17) is 9.52 Å². The van der Waals surface area contributed by atoms with Gasteiger partial charge < -0.3 is 9.52 Å². The van der Waals surface area contributed by atoms with Gasteiger partial charge in [-0.2, -0.15) is 0 Å². The smallest absolute Gasteiger partial charge is 0.317 e. The van der Waals surface area contributed by atoms with Gasteiger partial charge in [0.1, 0.15) is 11.3 Å². The average molecular weight is 326 g/mol. The van der Waals surface area contributed by atoms with E-state index in [1.807, 2.05) is 43.0 Å². The van der Waals surface area contributed by atoms with Crippen molar-refractivity contribution in [3.8, 4) is 0 Å². The van der Waals surface area contributed by atoms with Gasteiger partial charge >= 0.3 is 5.97 Å². The van der Waals surface area contributed by atoms with Crippen molar-refractivity contribution in [2.75, 3.05) is 13.1 Å². The molecule has 1 aromatic carbocycles. The molecule has 5 heteroatoms. The van der Waals surface area contributed by atoms with Crippen molar-refractivity contribution in [3.05, 3.63) is 34.5 Å². The quantitative estimate of drug-likeness (QED) is 0.911. The number of nitrogens with zero attached hydrogens (tertiary/aromatic N) is 1. The van der Waals surface area contributed by atoms with Gasteiger partial charge in [0, 0.05) is 9.86 Å². The second-order valence-corrected chi connectivity index (χ2v) is 5.38. The van der Waals surface area contributed by atoms with Crippen molar-refractivity contribution in [1.29, 1.82) is 0 Å². The number of carbonyl (C=O) groups is 1. The van der Waals surface area contributed by atoms with Crippen molar-refractivity contribution in [3.63, 3.8) is 0 Å². The lowest BCUT2D eigenvalue weighted by molar-refractivity contribution is -0.138. The van der Waals surface area contributed by atoms with Gasteiger partial charge in [0.2, 0.25) is 0 Å². The minimum Gasteiger partial charge on any atom is -0.480 e. The Labute approximate surface area is 120 Å². The molecule has 19 heavy (non-hydrogen) atoms. The Morgan fingerprint density at radius 1 is 1.47 bits per heavy atom. The van der Waals surface area contributed by atoms with E-state index in [9.17, 15) is 4.79 Å². The highest BCUT2D eigenvalue weighted by Crippen LogP contribution is 2.29. The molecule has 102 valence electrons. The number of aliphatic carboxylic acids is 1. The fourth-order valence-corrected chi connectivity index (χ4v) is 2.50. The molecular formula is C14H16BrNO3. The van der Waals surface area contributed by atoms with E-state index in [-0.39, 0.29) is 12.6 Å². The molecule has 2 rings (SSSR count). The van der Waals surface area contributed by atoms with Crippen LogP contribution in [0.4, 0.5) is 0 Å². The fraction of sp³-hybridized carbons (Fsp3) is 0.357. The number of carboxylic acids is 1. The Bertz CT molecular complexity index is 593. The first-order chi connectivity index (χ1) is 9.01. The zero-order valence-corrected chi connectivity index (χ0v) is 12.5. The van der Waals surface area contributed by atoms with Gasteiger partial charge in [0.25, 0.3) is 0 Å². The third-order valence-corrected chi connectivity index (χ3v) is 3.69. The predicted octanol–water partition coefficient (Wildman–Crippen LogP) is 3.66. The summed E-state index contributed by atoms with van der Waals surface area (Å²) in [5.41, 5.74) is 0.816. The van der Waals surface area contributed by atoms with E-state index in [0.717, 1.165) is 21.2 Å². The Morgan fingerprint density at radius 3 is 2.84 bits per heavy atom. The summed E-state index contributed by atoms with van der Waals surface area (Å²) in [5.74, 6) is -0.0382. The third-order valence-electron chi connectivity index (χ3n) is 3.20. The Kier molecular flexibility index (Phi) is 4.27. The monoisotopic (exact) mass is 325 g/mol. The first-order valence-electron chi connectivity index (χ1n) is 6.16. The molecule has 0 aliphatic rings. The summed E-state index contributed by atoms with van der Waals surface area (Å²) in [4.78, 5) is 12.7. The zero-order chi connectivity index (χ0) is 14.0. The number of likely N-dealkylation sites (N-methyl/N-ethyl adjacent to an activating group) is 1. The van der Waals surface area contributed by atoms with Crippen molar-refractivity contribution < 1.29 is 14.3 Å². The summed E-state index contributed by atoms with van der Waals surface area (Å²) in [5, 5.41) is 9.92. The summed E-state index contributed by atoms with van der Waals surface area (Å²) >= 11 is 3.42. The second-order valence-electron chi connectivity index (χ2n) is 4.46. The molecular weight excluding hydrogens is 310 g/mol. The molecule has 0 bridgehead atoms. The number of benzene rings is 1. The van der Waals surface area contributed by atoms with Crippen LogP contribution in [0.3, 0.4) is 0 Å². The van der Waals surface area contributed by atoms with Crippen LogP contribution < -0.4 is 0 Å². The molecule has 4 nitrogen and oxygen atoms in total. The molecule has 1 N–H and O–H groups in total. The van der Waals surface area contributed by atoms with Gasteiger partial charge in [0.15, 0.2) is 0 Å². The Hall–Kier alpha value is -1.33. The van der Waals surface area contributed by atoms with Crippen molar-refractivity contribution in [2.24, 2.45) is 0 Å². The van der Waals surface area contributed by atoms with E-state index in [0.29, 0.717) is 6.54 Å². The lowest BCUT2D eigenvalue weighted by atomic mass is 10.2. The Morgan fingerprint density at radius 2 is 2.21 bits per heavy atom. The third kappa shape index (κ3) is 3.16. The fourth-order valence-electron chi connectivity index (χ4n) is 2.12. The second kappa shape index (κ2) is 5.75. The van der Waals surface area contributed by atoms with Crippen molar-refractivity contribution in [2.45, 2.75) is 19.9 Å². The van der Waals surface area contributed by atoms with Crippen molar-refractivity contribution >= 4 is 32.9 Å². The highest BCUT2D eigenvalue weighted by atomic mass is 79.9. The topological polar surface area (TPSA) is 53.7 Å². The summed E-state index contributed by atoms with van der Waals surface area (Å²) in [6, 6.07) is 7.73. The normalized spacial score (nSPS) is 13.1.